The van der Waals surface area contributed by atoms with Crippen molar-refractivity contribution in [1.29, 1.82) is 0 Å². The Hall–Kier alpha value is -2.54. The van der Waals surface area contributed by atoms with Crippen LogP contribution in [0.3, 0.4) is 0 Å². The van der Waals surface area contributed by atoms with Gasteiger partial charge in [0.25, 0.3) is 5.88 Å². The Balaban J connectivity index is 2.00. The smallest absolute Gasteiger partial charge is 0.258 e. The van der Waals surface area contributed by atoms with E-state index in [-0.39, 0.29) is 0 Å². The summed E-state index contributed by atoms with van der Waals surface area (Å²) in [5.41, 5.74) is 1.34. The molecular weight excluding hydrogens is 294 g/mol. The maximum atomic E-state index is 5.99. The van der Waals surface area contributed by atoms with Gasteiger partial charge in [-0.3, -0.25) is 0 Å². The van der Waals surface area contributed by atoms with Gasteiger partial charge < -0.3 is 14.8 Å². The van der Waals surface area contributed by atoms with Gasteiger partial charge in [0.1, 0.15) is 5.82 Å². The highest BCUT2D eigenvalue weighted by atomic mass is 35.5. The summed E-state index contributed by atoms with van der Waals surface area (Å²) >= 11 is 5.99. The van der Waals surface area contributed by atoms with Crippen molar-refractivity contribution in [3.63, 3.8) is 0 Å². The zero-order valence-corrected chi connectivity index (χ0v) is 12.1. The monoisotopic (exact) mass is 305 g/mol. The molecule has 0 unspecified atom stereocenters. The van der Waals surface area contributed by atoms with E-state index in [4.69, 9.17) is 21.1 Å². The first-order valence-corrected chi connectivity index (χ1v) is 6.45. The molecule has 8 heteroatoms. The highest BCUT2D eigenvalue weighted by molar-refractivity contribution is 6.29. The van der Waals surface area contributed by atoms with E-state index in [1.807, 2.05) is 0 Å². The number of aromatic nitrogens is 4. The van der Waals surface area contributed by atoms with Gasteiger partial charge in [-0.1, -0.05) is 11.6 Å². The maximum absolute atomic E-state index is 5.99. The second-order valence-corrected chi connectivity index (χ2v) is 4.50. The molecule has 0 spiro atoms. The van der Waals surface area contributed by atoms with Crippen LogP contribution in [-0.4, -0.2) is 33.8 Å². The molecule has 0 saturated carbocycles. The van der Waals surface area contributed by atoms with E-state index in [9.17, 15) is 0 Å². The number of anilines is 2. The van der Waals surface area contributed by atoms with Crippen molar-refractivity contribution in [2.75, 3.05) is 19.5 Å². The van der Waals surface area contributed by atoms with Crippen LogP contribution in [0.5, 0.6) is 11.6 Å². The fraction of sp³-hybridized carbons (Fsp3) is 0.154. The molecule has 0 bridgehead atoms. The number of rotatable bonds is 4. The zero-order valence-electron chi connectivity index (χ0n) is 11.4. The highest BCUT2D eigenvalue weighted by Crippen LogP contribution is 2.28. The van der Waals surface area contributed by atoms with Crippen LogP contribution in [0.15, 0.2) is 30.6 Å². The lowest BCUT2D eigenvalue weighted by Crippen LogP contribution is -2.01. The minimum Gasteiger partial charge on any atom is -0.491 e. The van der Waals surface area contributed by atoms with Crippen molar-refractivity contribution in [2.24, 2.45) is 0 Å². The van der Waals surface area contributed by atoms with E-state index >= 15 is 0 Å². The van der Waals surface area contributed by atoms with Gasteiger partial charge >= 0.3 is 0 Å². The molecule has 0 aliphatic rings. The first kappa shape index (κ1) is 13.4. The number of hydrogen-bond acceptors (Lipinski definition) is 6. The Kier molecular flexibility index (Phi) is 3.49. The average molecular weight is 306 g/mol. The average Bonchev–Trinajstić information content (AvgIpc) is 2.95. The van der Waals surface area contributed by atoms with Gasteiger partial charge in [-0.15, -0.1) is 0 Å². The Morgan fingerprint density at radius 3 is 2.86 bits per heavy atom. The summed E-state index contributed by atoms with van der Waals surface area (Å²) in [5, 5.41) is 7.61. The molecule has 0 saturated heterocycles. The third kappa shape index (κ3) is 2.55. The van der Waals surface area contributed by atoms with Crippen molar-refractivity contribution >= 4 is 28.8 Å². The van der Waals surface area contributed by atoms with Crippen molar-refractivity contribution < 1.29 is 9.47 Å². The molecule has 7 nitrogen and oxygen atoms in total. The number of nitrogens with one attached hydrogen (secondary N) is 1. The van der Waals surface area contributed by atoms with Crippen LogP contribution in [0.25, 0.3) is 5.65 Å². The van der Waals surface area contributed by atoms with E-state index in [2.05, 4.69) is 20.4 Å². The number of fused-ring (bicyclic) bond motifs is 1. The fourth-order valence-electron chi connectivity index (χ4n) is 1.91. The Morgan fingerprint density at radius 1 is 1.24 bits per heavy atom. The third-order valence-corrected chi connectivity index (χ3v) is 3.02. The molecule has 3 heterocycles. The summed E-state index contributed by atoms with van der Waals surface area (Å²) in [4.78, 5) is 8.55. The summed E-state index contributed by atoms with van der Waals surface area (Å²) in [6, 6.07) is 5.22. The Labute approximate surface area is 125 Å². The Bertz CT molecular complexity index is 789. The topological polar surface area (TPSA) is 73.6 Å². The Morgan fingerprint density at radius 2 is 2.10 bits per heavy atom. The first-order valence-electron chi connectivity index (χ1n) is 6.07. The molecule has 21 heavy (non-hydrogen) atoms. The zero-order chi connectivity index (χ0) is 14.8. The molecular formula is C13H12ClN5O2. The number of hydrogen-bond donors (Lipinski definition) is 1. The second-order valence-electron chi connectivity index (χ2n) is 4.11. The largest absolute Gasteiger partial charge is 0.491 e. The fourth-order valence-corrected chi connectivity index (χ4v) is 2.11. The molecule has 0 aliphatic heterocycles. The van der Waals surface area contributed by atoms with E-state index in [1.165, 1.54) is 7.11 Å². The maximum Gasteiger partial charge on any atom is 0.258 e. The minimum atomic E-state index is 0.350. The number of pyridine rings is 1. The molecule has 0 amide bonds. The van der Waals surface area contributed by atoms with E-state index in [0.717, 1.165) is 0 Å². The lowest BCUT2D eigenvalue weighted by molar-refractivity contribution is 0.343. The van der Waals surface area contributed by atoms with E-state index in [1.54, 1.807) is 42.2 Å². The van der Waals surface area contributed by atoms with Crippen LogP contribution in [0.4, 0.5) is 11.5 Å². The van der Waals surface area contributed by atoms with Gasteiger partial charge in [-0.05, 0) is 12.1 Å². The van der Waals surface area contributed by atoms with Gasteiger partial charge in [0.05, 0.1) is 19.9 Å². The standard InChI is InChI=1S/C13H12ClN5O2/c1-20-9-3-4-11(17-13(9)21-2)16-8-7-10(14)18-19-6-5-15-12(8)19/h3-7H,1-2H3,(H,16,17). The summed E-state index contributed by atoms with van der Waals surface area (Å²) < 4.78 is 11.9. The lowest BCUT2D eigenvalue weighted by atomic mass is 10.4. The predicted octanol–water partition coefficient (Wildman–Crippen LogP) is 2.54. The summed E-state index contributed by atoms with van der Waals surface area (Å²) in [5.74, 6) is 1.53. The first-order chi connectivity index (χ1) is 10.2. The van der Waals surface area contributed by atoms with Crippen LogP contribution in [0, 0.1) is 0 Å². The predicted molar refractivity (Wildman–Crippen MR) is 78.6 cm³/mol. The third-order valence-electron chi connectivity index (χ3n) is 2.83. The normalized spacial score (nSPS) is 10.6. The number of methoxy groups -OCH3 is 2. The number of imidazole rings is 1. The molecule has 0 aliphatic carbocycles. The van der Waals surface area contributed by atoms with Crippen molar-refractivity contribution in [1.82, 2.24) is 19.6 Å². The van der Waals surface area contributed by atoms with E-state index < -0.39 is 0 Å². The molecule has 3 rings (SSSR count). The minimum absolute atomic E-state index is 0.350. The van der Waals surface area contributed by atoms with Gasteiger partial charge in [-0.25, -0.2) is 9.50 Å². The number of nitrogens with zero attached hydrogens (tertiary/aromatic N) is 4. The summed E-state index contributed by atoms with van der Waals surface area (Å²) in [7, 11) is 3.09. The van der Waals surface area contributed by atoms with E-state index in [0.29, 0.717) is 33.9 Å². The van der Waals surface area contributed by atoms with Gasteiger partial charge in [-0.2, -0.15) is 10.1 Å². The molecule has 3 aromatic rings. The van der Waals surface area contributed by atoms with Crippen LogP contribution in [0.1, 0.15) is 0 Å². The molecule has 108 valence electrons. The van der Waals surface area contributed by atoms with Gasteiger partial charge in [0.2, 0.25) is 0 Å². The summed E-state index contributed by atoms with van der Waals surface area (Å²) in [6.07, 6.45) is 3.36. The molecule has 3 aromatic heterocycles. The second kappa shape index (κ2) is 5.45. The van der Waals surface area contributed by atoms with Crippen molar-refractivity contribution in [3.05, 3.63) is 35.7 Å². The summed E-state index contributed by atoms with van der Waals surface area (Å²) in [6.45, 7) is 0. The number of ether oxygens (including phenoxy) is 2. The van der Waals surface area contributed by atoms with Crippen LogP contribution in [-0.2, 0) is 0 Å². The molecule has 1 N–H and O–H groups in total. The van der Waals surface area contributed by atoms with Crippen LogP contribution >= 0.6 is 11.6 Å². The van der Waals surface area contributed by atoms with Crippen molar-refractivity contribution in [3.8, 4) is 11.6 Å². The highest BCUT2D eigenvalue weighted by Gasteiger charge is 2.10. The lowest BCUT2D eigenvalue weighted by Gasteiger charge is -2.10. The molecule has 0 radical (unpaired) electrons. The van der Waals surface area contributed by atoms with Crippen LogP contribution < -0.4 is 14.8 Å². The van der Waals surface area contributed by atoms with Gasteiger partial charge in [0, 0.05) is 18.5 Å². The van der Waals surface area contributed by atoms with Gasteiger partial charge in [0.15, 0.2) is 16.5 Å². The van der Waals surface area contributed by atoms with Crippen LogP contribution in [0.2, 0.25) is 5.15 Å². The SMILES string of the molecule is COc1ccc(Nc2cc(Cl)nn3ccnc23)nc1OC. The number of halogens is 1. The molecule has 0 fully saturated rings. The molecule has 0 atom stereocenters. The molecule has 0 aromatic carbocycles. The quantitative estimate of drug-likeness (QED) is 0.798. The van der Waals surface area contributed by atoms with Crippen molar-refractivity contribution in [2.45, 2.75) is 0 Å².